The quantitative estimate of drug-likeness (QED) is 0.777. The standard InChI is InChI=1S/C13H17NO2.ClH/c1-10-3-4-12-11(9-10)5-7-14(12)8-6-13(15)16-2;/h3-4,9H,5-8H2,1-2H3;1H. The number of nitrogens with zero attached hydrogens (tertiary/aromatic N) is 1. The maximum absolute atomic E-state index is 11.1. The van der Waals surface area contributed by atoms with Crippen LogP contribution in [0.4, 0.5) is 5.69 Å². The third-order valence-corrected chi connectivity index (χ3v) is 3.04. The Morgan fingerprint density at radius 2 is 2.24 bits per heavy atom. The van der Waals surface area contributed by atoms with Crippen molar-refractivity contribution in [3.8, 4) is 0 Å². The van der Waals surface area contributed by atoms with E-state index in [1.807, 2.05) is 0 Å². The number of esters is 1. The minimum absolute atomic E-state index is 0. The van der Waals surface area contributed by atoms with E-state index in [-0.39, 0.29) is 18.4 Å². The fourth-order valence-electron chi connectivity index (χ4n) is 2.16. The lowest BCUT2D eigenvalue weighted by Crippen LogP contribution is -2.24. The fourth-order valence-corrected chi connectivity index (χ4v) is 2.16. The lowest BCUT2D eigenvalue weighted by atomic mass is 10.1. The van der Waals surface area contributed by atoms with Gasteiger partial charge in [-0.2, -0.15) is 0 Å². The molecular formula is C13H18ClNO2. The molecule has 94 valence electrons. The molecule has 2 rings (SSSR count). The highest BCUT2D eigenvalue weighted by molar-refractivity contribution is 5.85. The van der Waals surface area contributed by atoms with Crippen LogP contribution in [0.5, 0.6) is 0 Å². The molecule has 1 aromatic carbocycles. The summed E-state index contributed by atoms with van der Waals surface area (Å²) >= 11 is 0. The number of hydrogen-bond donors (Lipinski definition) is 0. The molecule has 0 N–H and O–H groups in total. The molecule has 1 aliphatic heterocycles. The number of hydrogen-bond acceptors (Lipinski definition) is 3. The van der Waals surface area contributed by atoms with Gasteiger partial charge in [-0.15, -0.1) is 12.4 Å². The second-order valence-corrected chi connectivity index (χ2v) is 4.20. The highest BCUT2D eigenvalue weighted by atomic mass is 35.5. The Bertz CT molecular complexity index is 406. The Morgan fingerprint density at radius 1 is 1.47 bits per heavy atom. The molecule has 1 aliphatic rings. The highest BCUT2D eigenvalue weighted by Gasteiger charge is 2.19. The van der Waals surface area contributed by atoms with Crippen molar-refractivity contribution in [3.05, 3.63) is 29.3 Å². The number of carbonyl (C=O) groups is 1. The van der Waals surface area contributed by atoms with Crippen LogP contribution in [0.25, 0.3) is 0 Å². The van der Waals surface area contributed by atoms with E-state index >= 15 is 0 Å². The van der Waals surface area contributed by atoms with Crippen LogP contribution in [0.15, 0.2) is 18.2 Å². The van der Waals surface area contributed by atoms with Crippen molar-refractivity contribution in [2.75, 3.05) is 25.1 Å². The topological polar surface area (TPSA) is 29.5 Å². The molecule has 0 saturated heterocycles. The van der Waals surface area contributed by atoms with E-state index in [0.29, 0.717) is 6.42 Å². The molecule has 0 atom stereocenters. The third kappa shape index (κ3) is 3.13. The van der Waals surface area contributed by atoms with Gasteiger partial charge in [-0.1, -0.05) is 17.7 Å². The lowest BCUT2D eigenvalue weighted by Gasteiger charge is -2.18. The Kier molecular flexibility index (Phi) is 4.82. The van der Waals surface area contributed by atoms with Crippen LogP contribution in [0.2, 0.25) is 0 Å². The first-order chi connectivity index (χ1) is 7.70. The monoisotopic (exact) mass is 255 g/mol. The van der Waals surface area contributed by atoms with Gasteiger partial charge in [0, 0.05) is 18.8 Å². The Labute approximate surface area is 108 Å². The van der Waals surface area contributed by atoms with E-state index in [1.54, 1.807) is 0 Å². The van der Waals surface area contributed by atoms with Gasteiger partial charge in [0.1, 0.15) is 0 Å². The zero-order valence-corrected chi connectivity index (χ0v) is 11.0. The van der Waals surface area contributed by atoms with Gasteiger partial charge in [0.2, 0.25) is 0 Å². The largest absolute Gasteiger partial charge is 0.469 e. The van der Waals surface area contributed by atoms with E-state index in [1.165, 1.54) is 23.9 Å². The summed E-state index contributed by atoms with van der Waals surface area (Å²) in [7, 11) is 1.43. The van der Waals surface area contributed by atoms with Crippen LogP contribution in [0.1, 0.15) is 17.5 Å². The normalized spacial score (nSPS) is 12.9. The molecule has 1 aromatic rings. The van der Waals surface area contributed by atoms with E-state index in [9.17, 15) is 4.79 Å². The minimum atomic E-state index is -0.138. The maximum Gasteiger partial charge on any atom is 0.307 e. The SMILES string of the molecule is COC(=O)CCN1CCc2cc(C)ccc21.Cl. The molecule has 0 saturated carbocycles. The molecule has 1 heterocycles. The summed E-state index contributed by atoms with van der Waals surface area (Å²) in [5.74, 6) is -0.138. The van der Waals surface area contributed by atoms with Gasteiger partial charge in [-0.3, -0.25) is 4.79 Å². The molecule has 4 heteroatoms. The number of aryl methyl sites for hydroxylation is 1. The molecule has 0 amide bonds. The van der Waals surface area contributed by atoms with Crippen LogP contribution in [0.3, 0.4) is 0 Å². The van der Waals surface area contributed by atoms with Gasteiger partial charge in [0.05, 0.1) is 13.5 Å². The molecule has 0 radical (unpaired) electrons. The molecule has 0 aromatic heterocycles. The lowest BCUT2D eigenvalue weighted by molar-refractivity contribution is -0.140. The van der Waals surface area contributed by atoms with E-state index < -0.39 is 0 Å². The first-order valence-corrected chi connectivity index (χ1v) is 5.62. The smallest absolute Gasteiger partial charge is 0.307 e. The van der Waals surface area contributed by atoms with Crippen LogP contribution in [-0.2, 0) is 16.0 Å². The van der Waals surface area contributed by atoms with Crippen molar-refractivity contribution in [2.45, 2.75) is 19.8 Å². The molecule has 0 aliphatic carbocycles. The van der Waals surface area contributed by atoms with Crippen molar-refractivity contribution < 1.29 is 9.53 Å². The molecular weight excluding hydrogens is 238 g/mol. The predicted octanol–water partition coefficient (Wildman–Crippen LogP) is 2.34. The summed E-state index contributed by atoms with van der Waals surface area (Å²) in [5, 5.41) is 0. The number of carbonyl (C=O) groups excluding carboxylic acids is 1. The number of anilines is 1. The molecule has 0 unspecified atom stereocenters. The summed E-state index contributed by atoms with van der Waals surface area (Å²) in [5.41, 5.74) is 3.97. The van der Waals surface area contributed by atoms with E-state index in [4.69, 9.17) is 0 Å². The number of ether oxygens (including phenoxy) is 1. The average molecular weight is 256 g/mol. The second-order valence-electron chi connectivity index (χ2n) is 4.20. The summed E-state index contributed by atoms with van der Waals surface area (Å²) < 4.78 is 4.65. The zero-order chi connectivity index (χ0) is 11.5. The summed E-state index contributed by atoms with van der Waals surface area (Å²) in [6, 6.07) is 6.50. The zero-order valence-electron chi connectivity index (χ0n) is 10.2. The van der Waals surface area contributed by atoms with Crippen LogP contribution in [0, 0.1) is 6.92 Å². The average Bonchev–Trinajstić information content (AvgIpc) is 2.68. The Morgan fingerprint density at radius 3 is 2.94 bits per heavy atom. The van der Waals surface area contributed by atoms with Crippen LogP contribution in [-0.4, -0.2) is 26.2 Å². The Balaban J connectivity index is 0.00000144. The molecule has 0 fully saturated rings. The highest BCUT2D eigenvalue weighted by Crippen LogP contribution is 2.28. The van der Waals surface area contributed by atoms with Gasteiger partial charge in [0.25, 0.3) is 0 Å². The molecule has 0 spiro atoms. The van der Waals surface area contributed by atoms with Crippen LogP contribution >= 0.6 is 12.4 Å². The minimum Gasteiger partial charge on any atom is -0.469 e. The molecule has 17 heavy (non-hydrogen) atoms. The van der Waals surface area contributed by atoms with Gasteiger partial charge in [-0.05, 0) is 25.0 Å². The second kappa shape index (κ2) is 5.92. The molecule has 3 nitrogen and oxygen atoms in total. The summed E-state index contributed by atoms with van der Waals surface area (Å²) in [4.78, 5) is 13.3. The predicted molar refractivity (Wildman–Crippen MR) is 71.0 cm³/mol. The van der Waals surface area contributed by atoms with Crippen LogP contribution < -0.4 is 4.90 Å². The number of halogens is 1. The molecule has 0 bridgehead atoms. The first-order valence-electron chi connectivity index (χ1n) is 5.62. The number of fused-ring (bicyclic) bond motifs is 1. The fraction of sp³-hybridized carbons (Fsp3) is 0.462. The third-order valence-electron chi connectivity index (χ3n) is 3.04. The van der Waals surface area contributed by atoms with Crippen molar-refractivity contribution in [1.29, 1.82) is 0 Å². The van der Waals surface area contributed by atoms with Crippen molar-refractivity contribution in [2.24, 2.45) is 0 Å². The van der Waals surface area contributed by atoms with Gasteiger partial charge in [-0.25, -0.2) is 0 Å². The number of benzene rings is 1. The van der Waals surface area contributed by atoms with Gasteiger partial charge >= 0.3 is 5.97 Å². The maximum atomic E-state index is 11.1. The number of rotatable bonds is 3. The van der Waals surface area contributed by atoms with Gasteiger partial charge in [0.15, 0.2) is 0 Å². The van der Waals surface area contributed by atoms with Crippen molar-refractivity contribution >= 4 is 24.1 Å². The first kappa shape index (κ1) is 13.8. The van der Waals surface area contributed by atoms with E-state index in [2.05, 4.69) is 34.8 Å². The van der Waals surface area contributed by atoms with Crippen molar-refractivity contribution in [1.82, 2.24) is 0 Å². The van der Waals surface area contributed by atoms with E-state index in [0.717, 1.165) is 19.5 Å². The van der Waals surface area contributed by atoms with Gasteiger partial charge < -0.3 is 9.64 Å². The summed E-state index contributed by atoms with van der Waals surface area (Å²) in [6.45, 7) is 3.87. The Hall–Kier alpha value is -1.22. The van der Waals surface area contributed by atoms with Crippen molar-refractivity contribution in [3.63, 3.8) is 0 Å². The number of methoxy groups -OCH3 is 1. The summed E-state index contributed by atoms with van der Waals surface area (Å²) in [6.07, 6.45) is 1.54.